The van der Waals surface area contributed by atoms with Gasteiger partial charge in [-0.2, -0.15) is 0 Å². The summed E-state index contributed by atoms with van der Waals surface area (Å²) in [6, 6.07) is 11.9. The van der Waals surface area contributed by atoms with Gasteiger partial charge >= 0.3 is 0 Å². The highest BCUT2D eigenvalue weighted by molar-refractivity contribution is 6.09. The zero-order valence-electron chi connectivity index (χ0n) is 14.8. The van der Waals surface area contributed by atoms with Gasteiger partial charge in [-0.25, -0.2) is 0 Å². The van der Waals surface area contributed by atoms with Gasteiger partial charge in [0.2, 0.25) is 11.8 Å². The Kier molecular flexibility index (Phi) is 5.02. The van der Waals surface area contributed by atoms with E-state index in [2.05, 4.69) is 16.0 Å². The number of rotatable bonds is 4. The highest BCUT2D eigenvalue weighted by atomic mass is 16.2. The SMILES string of the molecule is Cc1cc(C)cc(NC(=O)CC[C@@H]2NC(=O)c3ccccc3NC2=O)c1. The summed E-state index contributed by atoms with van der Waals surface area (Å²) in [5.41, 5.74) is 3.76. The number of hydrogen-bond donors (Lipinski definition) is 3. The Bertz CT molecular complexity index is 856. The molecule has 26 heavy (non-hydrogen) atoms. The molecular formula is C20H21N3O3. The smallest absolute Gasteiger partial charge is 0.254 e. The fourth-order valence-electron chi connectivity index (χ4n) is 3.06. The lowest BCUT2D eigenvalue weighted by Gasteiger charge is -2.14. The first-order valence-corrected chi connectivity index (χ1v) is 8.51. The summed E-state index contributed by atoms with van der Waals surface area (Å²) >= 11 is 0. The average molecular weight is 351 g/mol. The predicted molar refractivity (Wildman–Crippen MR) is 100 cm³/mol. The monoisotopic (exact) mass is 351 g/mol. The summed E-state index contributed by atoms with van der Waals surface area (Å²) in [5, 5.41) is 8.27. The molecule has 134 valence electrons. The third-order valence-corrected chi connectivity index (χ3v) is 4.22. The summed E-state index contributed by atoms with van der Waals surface area (Å²) < 4.78 is 0. The van der Waals surface area contributed by atoms with Crippen molar-refractivity contribution in [1.29, 1.82) is 0 Å². The maximum atomic E-state index is 12.3. The Labute approximate surface area is 152 Å². The van der Waals surface area contributed by atoms with Gasteiger partial charge in [0, 0.05) is 12.1 Å². The molecule has 2 aromatic rings. The van der Waals surface area contributed by atoms with Crippen molar-refractivity contribution in [2.75, 3.05) is 10.6 Å². The molecule has 0 fully saturated rings. The van der Waals surface area contributed by atoms with Crippen molar-refractivity contribution in [2.24, 2.45) is 0 Å². The van der Waals surface area contributed by atoms with Gasteiger partial charge in [0.25, 0.3) is 5.91 Å². The van der Waals surface area contributed by atoms with Crippen LogP contribution in [0.5, 0.6) is 0 Å². The second-order valence-corrected chi connectivity index (χ2v) is 6.52. The molecule has 6 heteroatoms. The minimum Gasteiger partial charge on any atom is -0.340 e. The molecule has 0 radical (unpaired) electrons. The Morgan fingerprint density at radius 1 is 1.08 bits per heavy atom. The van der Waals surface area contributed by atoms with Crippen molar-refractivity contribution in [3.63, 3.8) is 0 Å². The number of hydrogen-bond acceptors (Lipinski definition) is 3. The number of aryl methyl sites for hydroxylation is 2. The van der Waals surface area contributed by atoms with Crippen LogP contribution in [-0.2, 0) is 9.59 Å². The van der Waals surface area contributed by atoms with Gasteiger partial charge in [-0.1, -0.05) is 18.2 Å². The normalized spacial score (nSPS) is 16.2. The molecular weight excluding hydrogens is 330 g/mol. The van der Waals surface area contributed by atoms with Crippen molar-refractivity contribution in [2.45, 2.75) is 32.7 Å². The van der Waals surface area contributed by atoms with Crippen molar-refractivity contribution >= 4 is 29.1 Å². The topological polar surface area (TPSA) is 87.3 Å². The summed E-state index contributed by atoms with van der Waals surface area (Å²) in [5.74, 6) is -0.833. The van der Waals surface area contributed by atoms with Crippen molar-refractivity contribution in [3.05, 3.63) is 59.2 Å². The highest BCUT2D eigenvalue weighted by Gasteiger charge is 2.27. The first-order chi connectivity index (χ1) is 12.4. The van der Waals surface area contributed by atoms with E-state index in [0.29, 0.717) is 11.3 Å². The van der Waals surface area contributed by atoms with Crippen molar-refractivity contribution < 1.29 is 14.4 Å². The maximum absolute atomic E-state index is 12.3. The zero-order valence-corrected chi connectivity index (χ0v) is 14.8. The van der Waals surface area contributed by atoms with E-state index >= 15 is 0 Å². The number of nitrogens with one attached hydrogen (secondary N) is 3. The van der Waals surface area contributed by atoms with Gasteiger partial charge < -0.3 is 16.0 Å². The summed E-state index contributed by atoms with van der Waals surface area (Å²) in [6.45, 7) is 3.93. The van der Waals surface area contributed by atoms with Gasteiger partial charge in [0.05, 0.1) is 11.3 Å². The number of benzene rings is 2. The largest absolute Gasteiger partial charge is 0.340 e. The maximum Gasteiger partial charge on any atom is 0.254 e. The van der Waals surface area contributed by atoms with E-state index in [1.165, 1.54) is 0 Å². The van der Waals surface area contributed by atoms with Crippen LogP contribution in [0.3, 0.4) is 0 Å². The fraction of sp³-hybridized carbons (Fsp3) is 0.250. The lowest BCUT2D eigenvalue weighted by atomic mass is 10.1. The van der Waals surface area contributed by atoms with Crippen LogP contribution >= 0.6 is 0 Å². The van der Waals surface area contributed by atoms with Gasteiger partial charge in [-0.3, -0.25) is 14.4 Å². The molecule has 0 saturated carbocycles. The number of fused-ring (bicyclic) bond motifs is 1. The highest BCUT2D eigenvalue weighted by Crippen LogP contribution is 2.19. The molecule has 0 aromatic heterocycles. The molecule has 1 atom stereocenters. The molecule has 3 amide bonds. The van der Waals surface area contributed by atoms with Gasteiger partial charge in [-0.05, 0) is 55.7 Å². The fourth-order valence-corrected chi connectivity index (χ4v) is 3.06. The van der Waals surface area contributed by atoms with Gasteiger partial charge in [0.1, 0.15) is 6.04 Å². The molecule has 1 aliphatic rings. The minimum absolute atomic E-state index is 0.127. The van der Waals surface area contributed by atoms with E-state index in [1.54, 1.807) is 24.3 Å². The molecule has 0 spiro atoms. The van der Waals surface area contributed by atoms with E-state index in [0.717, 1.165) is 16.8 Å². The van der Waals surface area contributed by atoms with Crippen molar-refractivity contribution in [1.82, 2.24) is 5.32 Å². The summed E-state index contributed by atoms with van der Waals surface area (Å²) in [6.07, 6.45) is 0.351. The molecule has 0 bridgehead atoms. The molecule has 0 saturated heterocycles. The molecule has 0 unspecified atom stereocenters. The number of anilines is 2. The first-order valence-electron chi connectivity index (χ1n) is 8.51. The molecule has 1 aliphatic heterocycles. The molecule has 1 heterocycles. The van der Waals surface area contributed by atoms with Crippen LogP contribution in [0.15, 0.2) is 42.5 Å². The average Bonchev–Trinajstić information content (AvgIpc) is 2.69. The van der Waals surface area contributed by atoms with E-state index in [9.17, 15) is 14.4 Å². The summed E-state index contributed by atoms with van der Waals surface area (Å²) in [4.78, 5) is 36.8. The molecule has 2 aromatic carbocycles. The van der Waals surface area contributed by atoms with Crippen LogP contribution in [-0.4, -0.2) is 23.8 Å². The van der Waals surface area contributed by atoms with Crippen molar-refractivity contribution in [3.8, 4) is 0 Å². The summed E-state index contributed by atoms with van der Waals surface area (Å²) in [7, 11) is 0. The number of carbonyl (C=O) groups excluding carboxylic acids is 3. The number of amides is 3. The third kappa shape index (κ3) is 4.08. The van der Waals surface area contributed by atoms with Gasteiger partial charge in [0.15, 0.2) is 0 Å². The third-order valence-electron chi connectivity index (χ3n) is 4.22. The molecule has 0 aliphatic carbocycles. The standard InChI is InChI=1S/C20H21N3O3/c1-12-9-13(2)11-14(10-12)21-18(24)8-7-17-20(26)22-16-6-4-3-5-15(16)19(25)23-17/h3-6,9-11,17H,7-8H2,1-2H3,(H,21,24)(H,22,26)(H,23,25)/t17-/m0/s1. The lowest BCUT2D eigenvalue weighted by molar-refractivity contribution is -0.118. The Morgan fingerprint density at radius 3 is 2.50 bits per heavy atom. The number of para-hydroxylation sites is 1. The van der Waals surface area contributed by atoms with Crippen LogP contribution in [0.2, 0.25) is 0 Å². The Balaban J connectivity index is 1.61. The second-order valence-electron chi connectivity index (χ2n) is 6.52. The Hall–Kier alpha value is -3.15. The van der Waals surface area contributed by atoms with Crippen LogP contribution in [0.1, 0.15) is 34.3 Å². The first kappa shape index (κ1) is 17.7. The molecule has 3 rings (SSSR count). The predicted octanol–water partition coefficient (Wildman–Crippen LogP) is 2.77. The molecule has 3 N–H and O–H groups in total. The van der Waals surface area contributed by atoms with E-state index in [1.807, 2.05) is 32.0 Å². The van der Waals surface area contributed by atoms with Crippen LogP contribution in [0.25, 0.3) is 0 Å². The van der Waals surface area contributed by atoms with E-state index in [-0.39, 0.29) is 30.6 Å². The van der Waals surface area contributed by atoms with E-state index < -0.39 is 6.04 Å². The zero-order chi connectivity index (χ0) is 18.7. The van der Waals surface area contributed by atoms with E-state index in [4.69, 9.17) is 0 Å². The lowest BCUT2D eigenvalue weighted by Crippen LogP contribution is -2.41. The van der Waals surface area contributed by atoms with Crippen LogP contribution < -0.4 is 16.0 Å². The quantitative estimate of drug-likeness (QED) is 0.791. The van der Waals surface area contributed by atoms with Crippen LogP contribution in [0.4, 0.5) is 11.4 Å². The Morgan fingerprint density at radius 2 is 1.77 bits per heavy atom. The number of carbonyl (C=O) groups is 3. The van der Waals surface area contributed by atoms with Gasteiger partial charge in [-0.15, -0.1) is 0 Å². The molecule has 6 nitrogen and oxygen atoms in total. The minimum atomic E-state index is -0.750. The second kappa shape index (κ2) is 7.39. The van der Waals surface area contributed by atoms with Crippen LogP contribution in [0, 0.1) is 13.8 Å².